The van der Waals surface area contributed by atoms with Gasteiger partial charge >= 0.3 is 171 Å². The van der Waals surface area contributed by atoms with Gasteiger partial charge in [-0.25, -0.2) is 0 Å². The fourth-order valence-electron chi connectivity index (χ4n) is 3.46. The standard InChI is InChI=1S/2C6H4F2O.2C5H5.Zr/c2*7-4-1-5(8)3-6(9)2-4;2*1-2-4-5-3-1;/h2*1-3,9H;2*1-5H;/q;;;;+2/p-2. The molecule has 0 aromatic heterocycles. The Morgan fingerprint density at radius 3 is 1.14 bits per heavy atom. The molecule has 0 radical (unpaired) electrons. The van der Waals surface area contributed by atoms with Crippen molar-refractivity contribution in [2.45, 2.75) is 7.25 Å². The van der Waals surface area contributed by atoms with E-state index in [9.17, 15) is 17.6 Å². The second kappa shape index (κ2) is 8.15. The molecule has 0 spiro atoms. The van der Waals surface area contributed by atoms with Crippen molar-refractivity contribution in [3.8, 4) is 11.5 Å². The van der Waals surface area contributed by atoms with Crippen molar-refractivity contribution >= 4 is 0 Å². The molecule has 2 aliphatic carbocycles. The van der Waals surface area contributed by atoms with Crippen LogP contribution in [0.5, 0.6) is 11.5 Å². The molecule has 0 atom stereocenters. The number of halogens is 4. The third kappa shape index (κ3) is 4.30. The van der Waals surface area contributed by atoms with Gasteiger partial charge in [-0.3, -0.25) is 0 Å². The Bertz CT molecular complexity index is 897. The zero-order valence-electron chi connectivity index (χ0n) is 15.1. The molecule has 0 unspecified atom stereocenters. The fourth-order valence-corrected chi connectivity index (χ4v) is 12.1. The SMILES string of the molecule is Fc1cc(F)cc([O][Zr]([O]c2cc(F)cc(F)c2)([CH]2C=CC=C2)[CH]2C=CC=C2)c1. The topological polar surface area (TPSA) is 18.5 Å². The molecule has 29 heavy (non-hydrogen) atoms. The maximum atomic E-state index is 13.8. The summed E-state index contributed by atoms with van der Waals surface area (Å²) in [5.41, 5.74) is 0. The molecule has 0 bridgehead atoms. The Morgan fingerprint density at radius 2 is 0.828 bits per heavy atom. The third-order valence-corrected chi connectivity index (χ3v) is 13.8. The van der Waals surface area contributed by atoms with Gasteiger partial charge in [-0.15, -0.1) is 0 Å². The van der Waals surface area contributed by atoms with Crippen LogP contribution in [-0.2, 0) is 21.1 Å². The van der Waals surface area contributed by atoms with E-state index in [1.165, 1.54) is 0 Å². The van der Waals surface area contributed by atoms with Crippen LogP contribution in [0, 0.1) is 23.3 Å². The van der Waals surface area contributed by atoms with Crippen LogP contribution >= 0.6 is 0 Å². The number of hydrogen-bond donors (Lipinski definition) is 0. The summed E-state index contributed by atoms with van der Waals surface area (Å²) >= 11 is -4.51. The van der Waals surface area contributed by atoms with Crippen LogP contribution in [0.2, 0.25) is 7.25 Å². The third-order valence-electron chi connectivity index (χ3n) is 4.65. The van der Waals surface area contributed by atoms with Crippen LogP contribution in [0.1, 0.15) is 0 Å². The molecule has 0 fully saturated rings. The molecule has 0 saturated heterocycles. The molecule has 0 heterocycles. The van der Waals surface area contributed by atoms with E-state index in [0.717, 1.165) is 36.4 Å². The summed E-state index contributed by atoms with van der Waals surface area (Å²) in [6, 6.07) is 5.81. The normalized spacial score (nSPS) is 16.1. The van der Waals surface area contributed by atoms with Crippen LogP contribution in [0.3, 0.4) is 0 Å². The minimum absolute atomic E-state index is 0.0161. The molecule has 2 aromatic rings. The summed E-state index contributed by atoms with van der Waals surface area (Å²) in [7, 11) is 0. The van der Waals surface area contributed by atoms with E-state index in [0.29, 0.717) is 0 Å². The molecule has 0 saturated carbocycles. The van der Waals surface area contributed by atoms with Crippen molar-refractivity contribution in [1.29, 1.82) is 0 Å². The van der Waals surface area contributed by atoms with Crippen LogP contribution in [0.4, 0.5) is 17.6 Å². The van der Waals surface area contributed by atoms with Gasteiger partial charge in [0.2, 0.25) is 0 Å². The van der Waals surface area contributed by atoms with Gasteiger partial charge in [0.05, 0.1) is 0 Å². The second-order valence-corrected chi connectivity index (χ2v) is 14.6. The summed E-state index contributed by atoms with van der Waals surface area (Å²) in [6.45, 7) is 0. The Labute approximate surface area is 171 Å². The minimum atomic E-state index is -4.51. The number of rotatable bonds is 6. The van der Waals surface area contributed by atoms with E-state index in [2.05, 4.69) is 0 Å². The summed E-state index contributed by atoms with van der Waals surface area (Å²) < 4.78 is 67.2. The second-order valence-electron chi connectivity index (χ2n) is 6.73. The molecule has 4 rings (SSSR count). The van der Waals surface area contributed by atoms with Gasteiger partial charge in [0.15, 0.2) is 0 Å². The molecule has 2 aromatic carbocycles. The average molecular weight is 480 g/mol. The summed E-state index contributed by atoms with van der Waals surface area (Å²) in [5.74, 6) is -3.17. The van der Waals surface area contributed by atoms with Crippen LogP contribution in [0.25, 0.3) is 0 Å². The van der Waals surface area contributed by atoms with Crippen molar-refractivity contribution in [2.75, 3.05) is 0 Å². The van der Waals surface area contributed by atoms with E-state index >= 15 is 0 Å². The van der Waals surface area contributed by atoms with Gasteiger partial charge < -0.3 is 0 Å². The predicted octanol–water partition coefficient (Wildman–Crippen LogP) is 6.51. The van der Waals surface area contributed by atoms with Crippen LogP contribution < -0.4 is 5.63 Å². The Kier molecular flexibility index (Phi) is 5.59. The molecule has 0 aliphatic heterocycles. The summed E-state index contributed by atoms with van der Waals surface area (Å²) in [4.78, 5) is 0. The van der Waals surface area contributed by atoms with Gasteiger partial charge in [-0.05, 0) is 0 Å². The zero-order valence-corrected chi connectivity index (χ0v) is 17.5. The number of hydrogen-bond acceptors (Lipinski definition) is 2. The molecule has 2 aliphatic rings. The Morgan fingerprint density at radius 1 is 0.517 bits per heavy atom. The first-order chi connectivity index (χ1) is 13.9. The van der Waals surface area contributed by atoms with Crippen molar-refractivity contribution in [2.24, 2.45) is 0 Å². The Balaban J connectivity index is 1.83. The van der Waals surface area contributed by atoms with Gasteiger partial charge in [-0.2, -0.15) is 0 Å². The van der Waals surface area contributed by atoms with Crippen molar-refractivity contribution in [3.63, 3.8) is 0 Å². The van der Waals surface area contributed by atoms with Gasteiger partial charge in [-0.1, -0.05) is 0 Å². The van der Waals surface area contributed by atoms with Crippen molar-refractivity contribution in [3.05, 3.63) is 108 Å². The molecular weight excluding hydrogens is 463 g/mol. The molecule has 2 nitrogen and oxygen atoms in total. The first-order valence-electron chi connectivity index (χ1n) is 8.95. The predicted molar refractivity (Wildman–Crippen MR) is 98.0 cm³/mol. The fraction of sp³-hybridized carbons (Fsp3) is 0.0909. The van der Waals surface area contributed by atoms with Crippen LogP contribution in [0.15, 0.2) is 85.0 Å². The number of allylic oxidation sites excluding steroid dienone is 8. The van der Waals surface area contributed by atoms with Crippen molar-refractivity contribution < 1.29 is 44.3 Å². The molecule has 7 heteroatoms. The van der Waals surface area contributed by atoms with Gasteiger partial charge in [0.1, 0.15) is 0 Å². The first-order valence-corrected chi connectivity index (χ1v) is 13.8. The van der Waals surface area contributed by atoms with E-state index in [-0.39, 0.29) is 18.8 Å². The molecule has 0 N–H and O–H groups in total. The average Bonchev–Trinajstić information content (AvgIpc) is 3.34. The van der Waals surface area contributed by atoms with E-state index in [1.54, 1.807) is 0 Å². The molecule has 148 valence electrons. The zero-order chi connectivity index (χ0) is 20.4. The molecular formula is C22H16F4O2Zr. The summed E-state index contributed by atoms with van der Waals surface area (Å²) in [5, 5.41) is 0. The monoisotopic (exact) mass is 478 g/mol. The summed E-state index contributed by atoms with van der Waals surface area (Å²) in [6.07, 6.45) is 14.8. The quantitative estimate of drug-likeness (QED) is 0.440. The van der Waals surface area contributed by atoms with Gasteiger partial charge in [0.25, 0.3) is 0 Å². The first kappa shape index (κ1) is 19.9. The maximum absolute atomic E-state index is 13.8. The number of benzene rings is 2. The molecule has 0 amide bonds. The van der Waals surface area contributed by atoms with E-state index in [4.69, 9.17) is 5.63 Å². The van der Waals surface area contributed by atoms with E-state index in [1.807, 2.05) is 48.6 Å². The Hall–Kier alpha value is -2.40. The van der Waals surface area contributed by atoms with Gasteiger partial charge in [0, 0.05) is 0 Å². The van der Waals surface area contributed by atoms with Crippen LogP contribution in [-0.4, -0.2) is 0 Å². The van der Waals surface area contributed by atoms with Crippen molar-refractivity contribution in [1.82, 2.24) is 0 Å². The van der Waals surface area contributed by atoms with E-state index < -0.39 is 44.4 Å².